The summed E-state index contributed by atoms with van der Waals surface area (Å²) in [7, 11) is -3.76. The first kappa shape index (κ1) is 13.1. The zero-order chi connectivity index (χ0) is 13.3. The number of anilines is 2. The summed E-state index contributed by atoms with van der Waals surface area (Å²) < 4.78 is 26.6. The molecule has 0 aliphatic heterocycles. The molecule has 0 amide bonds. The van der Waals surface area contributed by atoms with Gasteiger partial charge >= 0.3 is 0 Å². The summed E-state index contributed by atoms with van der Waals surface area (Å²) in [5, 5.41) is 0.603. The van der Waals surface area contributed by atoms with Crippen molar-refractivity contribution >= 4 is 43.8 Å². The highest BCUT2D eigenvalue weighted by atomic mass is 35.5. The Labute approximate surface area is 114 Å². The van der Waals surface area contributed by atoms with E-state index in [1.165, 1.54) is 29.5 Å². The van der Waals surface area contributed by atoms with Gasteiger partial charge in [0.05, 0.1) is 5.69 Å². The fraction of sp³-hybridized carbons (Fsp3) is 0.100. The van der Waals surface area contributed by atoms with Gasteiger partial charge in [0.1, 0.15) is 4.90 Å². The average molecular weight is 304 g/mol. The minimum atomic E-state index is -3.76. The van der Waals surface area contributed by atoms with Crippen LogP contribution < -0.4 is 10.5 Å². The number of hydrogen-bond donors (Lipinski definition) is 2. The van der Waals surface area contributed by atoms with Gasteiger partial charge < -0.3 is 5.73 Å². The summed E-state index contributed by atoms with van der Waals surface area (Å²) in [6, 6.07) is 4.28. The molecule has 0 atom stereocenters. The number of sulfonamides is 1. The maximum atomic E-state index is 12.1. The number of nitrogens with zero attached hydrogens (tertiary/aromatic N) is 1. The van der Waals surface area contributed by atoms with Crippen LogP contribution in [0.15, 0.2) is 29.3 Å². The zero-order valence-corrected chi connectivity index (χ0v) is 11.7. The SMILES string of the molecule is Cc1cnc(NS(=O)(=O)c2cc(Cl)ccc2N)s1. The molecule has 0 saturated heterocycles. The van der Waals surface area contributed by atoms with Crippen molar-refractivity contribution in [1.82, 2.24) is 4.98 Å². The van der Waals surface area contributed by atoms with E-state index in [4.69, 9.17) is 17.3 Å². The van der Waals surface area contributed by atoms with Crippen molar-refractivity contribution in [2.45, 2.75) is 11.8 Å². The van der Waals surface area contributed by atoms with Crippen LogP contribution in [0, 0.1) is 6.92 Å². The summed E-state index contributed by atoms with van der Waals surface area (Å²) in [5.74, 6) is 0. The summed E-state index contributed by atoms with van der Waals surface area (Å²) in [4.78, 5) is 4.79. The van der Waals surface area contributed by atoms with Crippen molar-refractivity contribution in [3.63, 3.8) is 0 Å². The van der Waals surface area contributed by atoms with Crippen LogP contribution in [-0.2, 0) is 10.0 Å². The third-order valence-electron chi connectivity index (χ3n) is 2.11. The predicted octanol–water partition coefficient (Wildman–Crippen LogP) is 2.49. The maximum absolute atomic E-state index is 12.1. The molecule has 2 aromatic rings. The van der Waals surface area contributed by atoms with Crippen molar-refractivity contribution in [2.24, 2.45) is 0 Å². The van der Waals surface area contributed by atoms with Crippen LogP contribution in [0.3, 0.4) is 0 Å². The van der Waals surface area contributed by atoms with Crippen LogP contribution >= 0.6 is 22.9 Å². The lowest BCUT2D eigenvalue weighted by molar-refractivity contribution is 0.601. The van der Waals surface area contributed by atoms with E-state index in [0.29, 0.717) is 10.2 Å². The third kappa shape index (κ3) is 2.74. The van der Waals surface area contributed by atoms with Gasteiger partial charge in [-0.15, -0.1) is 11.3 Å². The zero-order valence-electron chi connectivity index (χ0n) is 9.34. The van der Waals surface area contributed by atoms with Crippen molar-refractivity contribution < 1.29 is 8.42 Å². The van der Waals surface area contributed by atoms with Gasteiger partial charge in [0.25, 0.3) is 10.0 Å². The van der Waals surface area contributed by atoms with E-state index in [1.54, 1.807) is 6.20 Å². The molecular formula is C10H10ClN3O2S2. The maximum Gasteiger partial charge on any atom is 0.265 e. The van der Waals surface area contributed by atoms with Crippen LogP contribution in [0.1, 0.15) is 4.88 Å². The highest BCUT2D eigenvalue weighted by Crippen LogP contribution is 2.26. The standard InChI is InChI=1S/C10H10ClN3O2S2/c1-6-5-13-10(17-6)14-18(15,16)9-4-7(11)2-3-8(9)12/h2-5H,12H2,1H3,(H,13,14). The molecule has 0 bridgehead atoms. The molecule has 0 fully saturated rings. The number of nitrogens with one attached hydrogen (secondary N) is 1. The second-order valence-corrected chi connectivity index (χ2v) is 6.89. The van der Waals surface area contributed by atoms with Gasteiger partial charge in [-0.25, -0.2) is 13.4 Å². The van der Waals surface area contributed by atoms with Crippen molar-refractivity contribution in [3.8, 4) is 0 Å². The summed E-state index contributed by atoms with van der Waals surface area (Å²) in [6.07, 6.45) is 1.59. The van der Waals surface area contributed by atoms with Crippen LogP contribution in [0.25, 0.3) is 0 Å². The van der Waals surface area contributed by atoms with E-state index in [2.05, 4.69) is 9.71 Å². The molecule has 1 aromatic heterocycles. The quantitative estimate of drug-likeness (QED) is 0.853. The monoisotopic (exact) mass is 303 g/mol. The summed E-state index contributed by atoms with van der Waals surface area (Å²) >= 11 is 7.01. The Morgan fingerprint density at radius 3 is 2.78 bits per heavy atom. The first-order valence-electron chi connectivity index (χ1n) is 4.89. The molecule has 2 rings (SSSR count). The second kappa shape index (κ2) is 4.75. The van der Waals surface area contributed by atoms with E-state index in [0.717, 1.165) is 4.88 Å². The Balaban J connectivity index is 2.39. The van der Waals surface area contributed by atoms with Gasteiger partial charge in [-0.05, 0) is 25.1 Å². The molecule has 0 spiro atoms. The fourth-order valence-electron chi connectivity index (χ4n) is 1.31. The number of thiazole rings is 1. The minimum Gasteiger partial charge on any atom is -0.398 e. The van der Waals surface area contributed by atoms with Crippen molar-refractivity contribution in [2.75, 3.05) is 10.5 Å². The first-order chi connectivity index (χ1) is 8.38. The van der Waals surface area contributed by atoms with Crippen LogP contribution in [0.2, 0.25) is 5.02 Å². The second-order valence-electron chi connectivity index (χ2n) is 3.56. The molecule has 1 heterocycles. The predicted molar refractivity (Wildman–Crippen MR) is 73.5 cm³/mol. The Bertz CT molecular complexity index is 682. The molecule has 1 aromatic carbocycles. The van der Waals surface area contributed by atoms with Gasteiger partial charge in [0.2, 0.25) is 0 Å². The van der Waals surface area contributed by atoms with Gasteiger partial charge in [-0.3, -0.25) is 4.72 Å². The lowest BCUT2D eigenvalue weighted by Crippen LogP contribution is -2.14. The van der Waals surface area contributed by atoms with E-state index in [9.17, 15) is 8.42 Å². The normalized spacial score (nSPS) is 11.4. The largest absolute Gasteiger partial charge is 0.398 e. The number of nitrogen functional groups attached to an aromatic ring is 1. The van der Waals surface area contributed by atoms with Crippen molar-refractivity contribution in [1.29, 1.82) is 0 Å². The van der Waals surface area contributed by atoms with Crippen LogP contribution in [0.4, 0.5) is 10.8 Å². The highest BCUT2D eigenvalue weighted by Gasteiger charge is 2.19. The first-order valence-corrected chi connectivity index (χ1v) is 7.56. The highest BCUT2D eigenvalue weighted by molar-refractivity contribution is 7.93. The topological polar surface area (TPSA) is 85.1 Å². The van der Waals surface area contributed by atoms with Gasteiger partial charge in [0, 0.05) is 16.1 Å². The lowest BCUT2D eigenvalue weighted by atomic mass is 10.3. The molecule has 0 saturated carbocycles. The Morgan fingerprint density at radius 1 is 1.44 bits per heavy atom. The number of rotatable bonds is 3. The Hall–Kier alpha value is -1.31. The number of benzene rings is 1. The number of halogens is 1. The van der Waals surface area contributed by atoms with Crippen molar-refractivity contribution in [3.05, 3.63) is 34.3 Å². The van der Waals surface area contributed by atoms with E-state index < -0.39 is 10.0 Å². The molecule has 3 N–H and O–H groups in total. The molecule has 96 valence electrons. The van der Waals surface area contributed by atoms with E-state index in [-0.39, 0.29) is 10.6 Å². The number of nitrogens with two attached hydrogens (primary N) is 1. The number of aromatic nitrogens is 1. The minimum absolute atomic E-state index is 0.0529. The molecule has 18 heavy (non-hydrogen) atoms. The van der Waals surface area contributed by atoms with Crippen LogP contribution in [0.5, 0.6) is 0 Å². The van der Waals surface area contributed by atoms with Gasteiger partial charge in [-0.1, -0.05) is 11.6 Å². The van der Waals surface area contributed by atoms with E-state index >= 15 is 0 Å². The van der Waals surface area contributed by atoms with Crippen LogP contribution in [-0.4, -0.2) is 13.4 Å². The Kier molecular flexibility index (Phi) is 3.47. The molecular weight excluding hydrogens is 294 g/mol. The number of aryl methyl sites for hydroxylation is 1. The lowest BCUT2D eigenvalue weighted by Gasteiger charge is -2.08. The molecule has 0 aliphatic rings. The summed E-state index contributed by atoms with van der Waals surface area (Å²) in [5.41, 5.74) is 5.78. The van der Waals surface area contributed by atoms with Gasteiger partial charge in [0.15, 0.2) is 5.13 Å². The fourth-order valence-corrected chi connectivity index (χ4v) is 3.61. The van der Waals surface area contributed by atoms with Gasteiger partial charge in [-0.2, -0.15) is 0 Å². The Morgan fingerprint density at radius 2 is 2.17 bits per heavy atom. The molecule has 5 nitrogen and oxygen atoms in total. The number of hydrogen-bond acceptors (Lipinski definition) is 5. The molecule has 0 aliphatic carbocycles. The average Bonchev–Trinajstić information content (AvgIpc) is 2.66. The molecule has 0 unspecified atom stereocenters. The summed E-state index contributed by atoms with van der Waals surface area (Å²) in [6.45, 7) is 1.84. The van der Waals surface area contributed by atoms with E-state index in [1.807, 2.05) is 6.92 Å². The third-order valence-corrected chi connectivity index (χ3v) is 4.70. The molecule has 0 radical (unpaired) electrons. The molecule has 8 heteroatoms. The smallest absolute Gasteiger partial charge is 0.265 e.